The van der Waals surface area contributed by atoms with Crippen LogP contribution in [0.15, 0.2) is 75.3 Å². The van der Waals surface area contributed by atoms with E-state index in [0.29, 0.717) is 65.1 Å². The summed E-state index contributed by atoms with van der Waals surface area (Å²) in [6.45, 7) is 6.81. The first-order valence-electron chi connectivity index (χ1n) is 18.9. The predicted octanol–water partition coefficient (Wildman–Crippen LogP) is 3.74. The van der Waals surface area contributed by atoms with Crippen LogP contribution in [0.25, 0.3) is 0 Å². The molecule has 4 heterocycles. The Kier molecular flexibility index (Phi) is 15.4. The number of halogens is 1. The van der Waals surface area contributed by atoms with Gasteiger partial charge in [-0.25, -0.2) is 23.4 Å². The lowest BCUT2D eigenvalue weighted by atomic mass is 10.2. The minimum absolute atomic E-state index is 0.00174. The van der Waals surface area contributed by atoms with Gasteiger partial charge in [-0.2, -0.15) is 0 Å². The highest BCUT2D eigenvalue weighted by atomic mass is 35.5. The maximum absolute atomic E-state index is 12.9. The highest BCUT2D eigenvalue weighted by Gasteiger charge is 2.35. The van der Waals surface area contributed by atoms with Gasteiger partial charge in [0.05, 0.1) is 53.0 Å². The number of ether oxygens (including phenoxy) is 4. The van der Waals surface area contributed by atoms with Crippen LogP contribution in [0.3, 0.4) is 0 Å². The molecule has 20 nitrogen and oxygen atoms in total. The molecule has 0 spiro atoms. The molecule has 6 rings (SSSR count). The molecular weight excluding hydrogens is 858 g/mol. The van der Waals surface area contributed by atoms with Crippen LogP contribution in [0.5, 0.6) is 5.88 Å². The lowest BCUT2D eigenvalue weighted by Gasteiger charge is -2.35. The van der Waals surface area contributed by atoms with Gasteiger partial charge in [-0.1, -0.05) is 53.3 Å². The van der Waals surface area contributed by atoms with Gasteiger partial charge in [-0.15, -0.1) is 0 Å². The lowest BCUT2D eigenvalue weighted by molar-refractivity contribution is -0.832. The third-order valence-corrected chi connectivity index (χ3v) is 11.9. The van der Waals surface area contributed by atoms with E-state index in [1.54, 1.807) is 19.1 Å². The van der Waals surface area contributed by atoms with Crippen molar-refractivity contribution < 1.29 is 51.3 Å². The van der Waals surface area contributed by atoms with Gasteiger partial charge < -0.3 is 39.7 Å². The van der Waals surface area contributed by atoms with Gasteiger partial charge in [0.15, 0.2) is 5.13 Å². The number of carbonyl (C=O) groups excluding carboxylic acids is 3. The topological polar surface area (TPSA) is 244 Å². The van der Waals surface area contributed by atoms with Gasteiger partial charge in [0.1, 0.15) is 42.2 Å². The Morgan fingerprint density at radius 3 is 2.39 bits per heavy atom. The van der Waals surface area contributed by atoms with Gasteiger partial charge >= 0.3 is 22.8 Å². The molecule has 0 saturated carbocycles. The number of thiazole rings is 1. The van der Waals surface area contributed by atoms with Crippen LogP contribution in [0, 0.1) is 19.1 Å². The third kappa shape index (κ3) is 12.3. The summed E-state index contributed by atoms with van der Waals surface area (Å²) < 4.78 is 51.1. The number of para-hydroxylation sites is 1. The van der Waals surface area contributed by atoms with E-state index in [1.807, 2.05) is 25.1 Å². The zero-order valence-corrected chi connectivity index (χ0v) is 35.5. The van der Waals surface area contributed by atoms with Crippen LogP contribution >= 0.6 is 22.9 Å². The molecular formula is C38H42ClN9O11S2. The molecule has 23 heteroatoms. The molecule has 1 aliphatic rings. The van der Waals surface area contributed by atoms with E-state index in [2.05, 4.69) is 45.2 Å². The number of anilines is 4. The number of esters is 2. The van der Waals surface area contributed by atoms with Crippen molar-refractivity contribution in [2.24, 2.45) is 0 Å². The fraction of sp³-hybridized carbons (Fsp3) is 0.368. The molecule has 3 aromatic heterocycles. The van der Waals surface area contributed by atoms with Crippen LogP contribution in [0.2, 0.25) is 5.02 Å². The molecule has 324 valence electrons. The second kappa shape index (κ2) is 21.0. The van der Waals surface area contributed by atoms with Crippen molar-refractivity contribution in [1.82, 2.24) is 25.0 Å². The van der Waals surface area contributed by atoms with E-state index in [0.717, 1.165) is 11.4 Å². The summed E-state index contributed by atoms with van der Waals surface area (Å²) in [7, 11) is -4.25. The number of sulfone groups is 1. The normalized spacial score (nSPS) is 13.1. The molecule has 1 fully saturated rings. The van der Waals surface area contributed by atoms with Crippen LogP contribution in [0.4, 0.5) is 22.5 Å². The molecule has 0 bridgehead atoms. The van der Waals surface area contributed by atoms with Crippen LogP contribution in [-0.2, 0) is 33.6 Å². The average molecular weight is 900 g/mol. The number of nitrogens with zero attached hydrogens (tertiary/aromatic N) is 7. The van der Waals surface area contributed by atoms with Crippen molar-refractivity contribution in [3.63, 3.8) is 0 Å². The zero-order chi connectivity index (χ0) is 43.4. The van der Waals surface area contributed by atoms with E-state index in [9.17, 15) is 28.0 Å². The van der Waals surface area contributed by atoms with Gasteiger partial charge in [-0.3, -0.25) is 23.9 Å². The third-order valence-electron chi connectivity index (χ3n) is 8.96. The number of aromatic nitrogens is 5. The molecule has 0 atom stereocenters. The number of piperazine rings is 1. The number of rotatable bonds is 20. The summed E-state index contributed by atoms with van der Waals surface area (Å²) in [5, 5.41) is 21.5. The molecule has 2 aromatic carbocycles. The van der Waals surface area contributed by atoms with Crippen LogP contribution in [-0.4, -0.2) is 117 Å². The van der Waals surface area contributed by atoms with E-state index >= 15 is 0 Å². The van der Waals surface area contributed by atoms with Gasteiger partial charge in [0.2, 0.25) is 0 Å². The number of aryl methyl sites for hydroxylation is 2. The zero-order valence-electron chi connectivity index (χ0n) is 33.1. The summed E-state index contributed by atoms with van der Waals surface area (Å²) in [4.78, 5) is 55.1. The highest BCUT2D eigenvalue weighted by Crippen LogP contribution is 2.29. The van der Waals surface area contributed by atoms with E-state index in [4.69, 9.17) is 30.5 Å². The van der Waals surface area contributed by atoms with E-state index < -0.39 is 32.7 Å². The fourth-order valence-corrected chi connectivity index (χ4v) is 8.16. The molecule has 61 heavy (non-hydrogen) atoms. The maximum atomic E-state index is 12.9. The van der Waals surface area contributed by atoms with Crippen molar-refractivity contribution in [2.45, 2.75) is 36.6 Å². The Labute approximate surface area is 359 Å². The Morgan fingerprint density at radius 2 is 1.66 bits per heavy atom. The first kappa shape index (κ1) is 44.6. The lowest BCUT2D eigenvalue weighted by Crippen LogP contribution is -2.47. The summed E-state index contributed by atoms with van der Waals surface area (Å²) >= 11 is 7.45. The van der Waals surface area contributed by atoms with Crippen molar-refractivity contribution in [1.29, 1.82) is 0 Å². The predicted molar refractivity (Wildman–Crippen MR) is 220 cm³/mol. The quantitative estimate of drug-likeness (QED) is 0.0642. The Hall–Kier alpha value is -5.94. The minimum Gasteiger partial charge on any atom is -0.464 e. The van der Waals surface area contributed by atoms with Crippen molar-refractivity contribution in [3.05, 3.63) is 87.3 Å². The molecule has 1 saturated heterocycles. The maximum Gasteiger partial charge on any atom is 0.415 e. The highest BCUT2D eigenvalue weighted by molar-refractivity contribution is 7.91. The molecule has 0 aliphatic carbocycles. The van der Waals surface area contributed by atoms with E-state index in [-0.39, 0.29) is 61.6 Å². The van der Waals surface area contributed by atoms with Crippen molar-refractivity contribution in [3.8, 4) is 5.88 Å². The molecule has 1 aliphatic heterocycles. The number of benzene rings is 2. The Bertz CT molecular complexity index is 2390. The molecule has 5 aromatic rings. The number of amides is 1. The SMILES string of the molecule is Cc1nc(Nc2ncc(C(=O)Nc3c(C)cccc3Cl)s2)cc(N2CCN(CCOC(=O)CCC(=O)OCCOCCOc3no[n+]([O-])c3S(=O)(=O)c3ccccc3)CC2)n1. The van der Waals surface area contributed by atoms with Crippen LogP contribution < -0.4 is 25.2 Å². The molecule has 1 amide bonds. The van der Waals surface area contributed by atoms with Crippen molar-refractivity contribution >= 4 is 73.1 Å². The first-order chi connectivity index (χ1) is 29.4. The van der Waals surface area contributed by atoms with Gasteiger partial charge in [0.25, 0.3) is 15.7 Å². The smallest absolute Gasteiger partial charge is 0.415 e. The monoisotopic (exact) mass is 899 g/mol. The van der Waals surface area contributed by atoms with Crippen LogP contribution in [0.1, 0.15) is 33.9 Å². The van der Waals surface area contributed by atoms with Gasteiger partial charge in [-0.05, 0) is 42.5 Å². The average Bonchev–Trinajstić information content (AvgIpc) is 3.87. The minimum atomic E-state index is -4.25. The molecule has 0 radical (unpaired) electrons. The summed E-state index contributed by atoms with van der Waals surface area (Å²) in [6.07, 6.45) is 1.18. The largest absolute Gasteiger partial charge is 0.464 e. The van der Waals surface area contributed by atoms with E-state index in [1.165, 1.54) is 41.8 Å². The Morgan fingerprint density at radius 1 is 0.934 bits per heavy atom. The summed E-state index contributed by atoms with van der Waals surface area (Å²) in [5.41, 5.74) is 1.40. The number of hydrogen-bond acceptors (Lipinski definition) is 19. The molecule has 2 N–H and O–H groups in total. The Balaban J connectivity index is 0.825. The fourth-order valence-electron chi connectivity index (χ4n) is 5.88. The number of nitrogens with one attached hydrogen (secondary N) is 2. The second-order valence-electron chi connectivity index (χ2n) is 13.3. The van der Waals surface area contributed by atoms with Crippen molar-refractivity contribution in [2.75, 3.05) is 81.3 Å². The summed E-state index contributed by atoms with van der Waals surface area (Å²) in [5.74, 6) is -0.108. The summed E-state index contributed by atoms with van der Waals surface area (Å²) in [6, 6.07) is 14.5. The number of hydrogen-bond donors (Lipinski definition) is 2. The van der Waals surface area contributed by atoms with Gasteiger partial charge in [0, 0.05) is 38.8 Å². The molecule has 0 unspecified atom stereocenters. The number of carbonyl (C=O) groups is 3. The second-order valence-corrected chi connectivity index (χ2v) is 16.6. The standard InChI is InChI=1S/C38H42ClN9O11S2/c1-25-7-6-10-28(39)34(25)44-35(51)29-24-40-38(60-29)43-30-23-31(42-26(2)41-30)47-15-13-46(14-16-47)17-18-56-32(49)11-12-33(50)57-21-19-55-20-22-58-36-37(48(52)59-45-36)61(53,54)27-8-4-3-5-9-27/h3-10,23-24H,11-22H2,1-2H3,(H,44,51)(H,40,41,42,43). The first-order valence-corrected chi connectivity index (χ1v) is 21.6.